The lowest BCUT2D eigenvalue weighted by Gasteiger charge is -2.08. The average molecular weight is 479 g/mol. The second-order valence-corrected chi connectivity index (χ2v) is 7.32. The number of hydrogen-bond donors (Lipinski definition) is 1. The molecule has 0 amide bonds. The molecule has 0 aliphatic carbocycles. The van der Waals surface area contributed by atoms with Crippen molar-refractivity contribution in [2.75, 3.05) is 19.7 Å². The first-order valence-corrected chi connectivity index (χ1v) is 9.89. The molecule has 0 saturated carbocycles. The number of carbonyl (C=O) groups is 1. The van der Waals surface area contributed by atoms with E-state index in [1.54, 1.807) is 24.3 Å². The van der Waals surface area contributed by atoms with Crippen LogP contribution in [0.2, 0.25) is 0 Å². The Morgan fingerprint density at radius 3 is 2.50 bits per heavy atom. The normalized spacial score (nSPS) is 10.8. The number of halogens is 2. The Kier molecular flexibility index (Phi) is 8.81. The van der Waals surface area contributed by atoms with Crippen molar-refractivity contribution in [1.29, 1.82) is 0 Å². The van der Waals surface area contributed by atoms with E-state index in [0.29, 0.717) is 23.5 Å². The first-order valence-electron chi connectivity index (χ1n) is 8.31. The molecule has 0 fully saturated rings. The number of ether oxygens (including phenoxy) is 1. The highest BCUT2D eigenvalue weighted by Gasteiger charge is 2.11. The summed E-state index contributed by atoms with van der Waals surface area (Å²) in [6.45, 7) is 5.89. The lowest BCUT2D eigenvalue weighted by Crippen LogP contribution is -2.14. The number of rotatable bonds is 10. The van der Waals surface area contributed by atoms with Crippen LogP contribution in [0, 0.1) is 0 Å². The highest BCUT2D eigenvalue weighted by atomic mass is 79.9. The van der Waals surface area contributed by atoms with Gasteiger partial charge in [-0.05, 0) is 71.4 Å². The lowest BCUT2D eigenvalue weighted by molar-refractivity contribution is 0.103. The van der Waals surface area contributed by atoms with Gasteiger partial charge in [-0.3, -0.25) is 4.79 Å². The van der Waals surface area contributed by atoms with E-state index in [4.69, 9.17) is 4.74 Å². The summed E-state index contributed by atoms with van der Waals surface area (Å²) in [6.07, 6.45) is 6.85. The molecule has 5 heteroatoms. The minimum Gasteiger partial charge on any atom is -0.488 e. The van der Waals surface area contributed by atoms with E-state index < -0.39 is 0 Å². The zero-order chi connectivity index (χ0) is 18.8. The summed E-state index contributed by atoms with van der Waals surface area (Å²) in [6, 6.07) is 12.7. The molecule has 2 rings (SSSR count). The van der Waals surface area contributed by atoms with Crippen molar-refractivity contribution in [3.63, 3.8) is 0 Å². The van der Waals surface area contributed by atoms with Crippen molar-refractivity contribution >= 4 is 37.6 Å². The van der Waals surface area contributed by atoms with Gasteiger partial charge in [-0.1, -0.05) is 34.2 Å². The van der Waals surface area contributed by atoms with E-state index in [0.717, 1.165) is 28.5 Å². The molecule has 0 radical (unpaired) electrons. The van der Waals surface area contributed by atoms with Crippen LogP contribution in [0.5, 0.6) is 5.75 Å². The number of benzene rings is 2. The van der Waals surface area contributed by atoms with Gasteiger partial charge in [0.2, 0.25) is 0 Å². The van der Waals surface area contributed by atoms with Gasteiger partial charge in [-0.25, -0.2) is 0 Å². The molecule has 2 aromatic carbocycles. The summed E-state index contributed by atoms with van der Waals surface area (Å²) >= 11 is 6.85. The van der Waals surface area contributed by atoms with Crippen molar-refractivity contribution < 1.29 is 9.53 Å². The van der Waals surface area contributed by atoms with Crippen LogP contribution in [0.25, 0.3) is 0 Å². The summed E-state index contributed by atoms with van der Waals surface area (Å²) in [5.74, 6) is 0.692. The predicted octanol–water partition coefficient (Wildman–Crippen LogP) is 5.54. The monoisotopic (exact) mass is 477 g/mol. The standard InChI is InChI=1S/C21H21Br2NO2/c1-2-3-12-24-13-4-5-14-26-20-11-8-17(15-19(20)23)21(25)16-6-9-18(22)10-7-16/h2,4-11,15,24H,1,3,12-14H2. The molecule has 3 nitrogen and oxygen atoms in total. The smallest absolute Gasteiger partial charge is 0.193 e. The topological polar surface area (TPSA) is 38.3 Å². The molecule has 136 valence electrons. The van der Waals surface area contributed by atoms with Crippen molar-refractivity contribution in [3.8, 4) is 5.75 Å². The van der Waals surface area contributed by atoms with Gasteiger partial charge in [0.05, 0.1) is 4.47 Å². The maximum absolute atomic E-state index is 12.5. The van der Waals surface area contributed by atoms with Crippen LogP contribution in [0.1, 0.15) is 22.3 Å². The minimum absolute atomic E-state index is 0.0183. The van der Waals surface area contributed by atoms with Gasteiger partial charge in [-0.15, -0.1) is 6.58 Å². The van der Waals surface area contributed by atoms with Crippen molar-refractivity contribution in [2.24, 2.45) is 0 Å². The van der Waals surface area contributed by atoms with E-state index >= 15 is 0 Å². The quantitative estimate of drug-likeness (QED) is 0.276. The second-order valence-electron chi connectivity index (χ2n) is 5.55. The van der Waals surface area contributed by atoms with Crippen molar-refractivity contribution in [1.82, 2.24) is 5.32 Å². The third-order valence-electron chi connectivity index (χ3n) is 3.59. The predicted molar refractivity (Wildman–Crippen MR) is 114 cm³/mol. The zero-order valence-electron chi connectivity index (χ0n) is 14.4. The van der Waals surface area contributed by atoms with Crippen LogP contribution in [0.15, 0.2) is 76.2 Å². The molecule has 26 heavy (non-hydrogen) atoms. The summed E-state index contributed by atoms with van der Waals surface area (Å²) in [5.41, 5.74) is 1.27. The van der Waals surface area contributed by atoms with Gasteiger partial charge >= 0.3 is 0 Å². The Balaban J connectivity index is 1.88. The highest BCUT2D eigenvalue weighted by Crippen LogP contribution is 2.27. The third kappa shape index (κ3) is 6.56. The molecule has 1 N–H and O–H groups in total. The number of hydrogen-bond acceptors (Lipinski definition) is 3. The van der Waals surface area contributed by atoms with Gasteiger partial charge < -0.3 is 10.1 Å². The SMILES string of the molecule is C=CCCNCC=CCOc1ccc(C(=O)c2ccc(Br)cc2)cc1Br. The fourth-order valence-electron chi connectivity index (χ4n) is 2.21. The van der Waals surface area contributed by atoms with Gasteiger partial charge in [0, 0.05) is 22.1 Å². The van der Waals surface area contributed by atoms with E-state index in [1.807, 2.05) is 36.4 Å². The molecule has 0 spiro atoms. The summed E-state index contributed by atoms with van der Waals surface area (Å²) in [5, 5.41) is 3.27. The maximum Gasteiger partial charge on any atom is 0.193 e. The van der Waals surface area contributed by atoms with Crippen LogP contribution < -0.4 is 10.1 Å². The minimum atomic E-state index is -0.0183. The number of nitrogens with one attached hydrogen (secondary N) is 1. The van der Waals surface area contributed by atoms with Gasteiger partial charge in [0.15, 0.2) is 5.78 Å². The lowest BCUT2D eigenvalue weighted by atomic mass is 10.0. The summed E-state index contributed by atoms with van der Waals surface area (Å²) in [4.78, 5) is 12.5. The Hall–Kier alpha value is -1.69. The van der Waals surface area contributed by atoms with Crippen LogP contribution in [-0.4, -0.2) is 25.5 Å². The van der Waals surface area contributed by atoms with E-state index in [1.165, 1.54) is 0 Å². The molecular weight excluding hydrogens is 458 g/mol. The van der Waals surface area contributed by atoms with Crippen LogP contribution in [0.3, 0.4) is 0 Å². The fourth-order valence-corrected chi connectivity index (χ4v) is 2.96. The molecule has 0 atom stereocenters. The van der Waals surface area contributed by atoms with Crippen LogP contribution in [0.4, 0.5) is 0 Å². The van der Waals surface area contributed by atoms with Crippen molar-refractivity contribution in [2.45, 2.75) is 6.42 Å². The Labute approximate surface area is 171 Å². The largest absolute Gasteiger partial charge is 0.488 e. The number of ketones is 1. The van der Waals surface area contributed by atoms with Crippen LogP contribution >= 0.6 is 31.9 Å². The molecule has 2 aromatic rings. The molecule has 0 saturated heterocycles. The Morgan fingerprint density at radius 2 is 1.81 bits per heavy atom. The van der Waals surface area contributed by atoms with E-state index in [-0.39, 0.29) is 5.78 Å². The Bertz CT molecular complexity index is 770. The van der Waals surface area contributed by atoms with E-state index in [9.17, 15) is 4.79 Å². The summed E-state index contributed by atoms with van der Waals surface area (Å²) < 4.78 is 7.43. The molecular formula is C21H21Br2NO2. The fraction of sp³-hybridized carbons (Fsp3) is 0.190. The Morgan fingerprint density at radius 1 is 1.08 bits per heavy atom. The van der Waals surface area contributed by atoms with Crippen molar-refractivity contribution in [3.05, 3.63) is 87.3 Å². The van der Waals surface area contributed by atoms with Crippen LogP contribution in [-0.2, 0) is 0 Å². The first kappa shape index (κ1) is 20.6. The van der Waals surface area contributed by atoms with E-state index in [2.05, 4.69) is 43.8 Å². The highest BCUT2D eigenvalue weighted by molar-refractivity contribution is 9.10. The average Bonchev–Trinajstić information content (AvgIpc) is 2.65. The third-order valence-corrected chi connectivity index (χ3v) is 4.74. The molecule has 0 unspecified atom stereocenters. The molecule has 0 bridgehead atoms. The van der Waals surface area contributed by atoms with Gasteiger partial charge in [0.1, 0.15) is 12.4 Å². The van der Waals surface area contributed by atoms with Gasteiger partial charge in [-0.2, -0.15) is 0 Å². The molecule has 0 aliphatic rings. The summed E-state index contributed by atoms with van der Waals surface area (Å²) in [7, 11) is 0. The van der Waals surface area contributed by atoms with Gasteiger partial charge in [0.25, 0.3) is 0 Å². The second kappa shape index (κ2) is 11.1. The molecule has 0 aromatic heterocycles. The number of carbonyl (C=O) groups excluding carboxylic acids is 1. The maximum atomic E-state index is 12.5. The molecule has 0 aliphatic heterocycles. The molecule has 0 heterocycles. The first-order chi connectivity index (χ1) is 12.6. The zero-order valence-corrected chi connectivity index (χ0v) is 17.6.